The largest absolute Gasteiger partial charge is 0.494 e. The van der Waals surface area contributed by atoms with Crippen molar-refractivity contribution < 1.29 is 22.7 Å². The van der Waals surface area contributed by atoms with E-state index in [1.807, 2.05) is 31.2 Å². The fourth-order valence-corrected chi connectivity index (χ4v) is 3.68. The number of ether oxygens (including phenoxy) is 1. The highest BCUT2D eigenvalue weighted by Crippen LogP contribution is 2.30. The summed E-state index contributed by atoms with van der Waals surface area (Å²) >= 11 is 0. The number of amides is 1. The lowest BCUT2D eigenvalue weighted by Gasteiger charge is -2.34. The molecule has 33 heavy (non-hydrogen) atoms. The Morgan fingerprint density at radius 1 is 1.06 bits per heavy atom. The Labute approximate surface area is 188 Å². The molecule has 0 N–H and O–H groups in total. The Kier molecular flexibility index (Phi) is 6.59. The van der Waals surface area contributed by atoms with Crippen molar-refractivity contribution >= 4 is 5.91 Å². The summed E-state index contributed by atoms with van der Waals surface area (Å²) in [6.07, 6.45) is -4.48. The molecule has 1 aliphatic rings. The van der Waals surface area contributed by atoms with E-state index >= 15 is 0 Å². The molecular formula is C22H23F3N6O2. The summed E-state index contributed by atoms with van der Waals surface area (Å²) in [6.45, 7) is 4.89. The second kappa shape index (κ2) is 9.57. The number of aromatic nitrogens is 4. The molecule has 3 aromatic rings. The van der Waals surface area contributed by atoms with Crippen LogP contribution < -0.4 is 4.74 Å². The van der Waals surface area contributed by atoms with E-state index in [0.29, 0.717) is 45.2 Å². The molecule has 4 rings (SSSR count). The number of benzene rings is 2. The van der Waals surface area contributed by atoms with Crippen LogP contribution in [0.4, 0.5) is 13.2 Å². The fraction of sp³-hybridized carbons (Fsp3) is 0.364. The van der Waals surface area contributed by atoms with E-state index in [0.717, 1.165) is 23.6 Å². The molecule has 0 aliphatic carbocycles. The second-order valence-corrected chi connectivity index (χ2v) is 7.58. The van der Waals surface area contributed by atoms with Crippen LogP contribution >= 0.6 is 0 Å². The molecule has 1 saturated heterocycles. The van der Waals surface area contributed by atoms with Gasteiger partial charge in [-0.1, -0.05) is 6.07 Å². The van der Waals surface area contributed by atoms with E-state index < -0.39 is 17.6 Å². The number of piperazine rings is 1. The Morgan fingerprint density at radius 3 is 2.45 bits per heavy atom. The van der Waals surface area contributed by atoms with Gasteiger partial charge >= 0.3 is 6.18 Å². The van der Waals surface area contributed by atoms with Crippen molar-refractivity contribution in [3.63, 3.8) is 0 Å². The molecule has 1 aliphatic heterocycles. The van der Waals surface area contributed by atoms with E-state index in [1.165, 1.54) is 12.1 Å². The average molecular weight is 460 g/mol. The summed E-state index contributed by atoms with van der Waals surface area (Å²) in [5, 5.41) is 12.0. The molecule has 8 nitrogen and oxygen atoms in total. The molecule has 0 radical (unpaired) electrons. The van der Waals surface area contributed by atoms with Crippen LogP contribution in [0.1, 0.15) is 28.7 Å². The number of nitrogens with zero attached hydrogens (tertiary/aromatic N) is 6. The predicted octanol–water partition coefficient (Wildman–Crippen LogP) is 3.04. The number of carbonyl (C=O) groups is 1. The van der Waals surface area contributed by atoms with Crippen LogP contribution in [-0.2, 0) is 12.7 Å². The normalized spacial score (nSPS) is 15.0. The lowest BCUT2D eigenvalue weighted by molar-refractivity contribution is -0.137. The first kappa shape index (κ1) is 22.7. The van der Waals surface area contributed by atoms with Crippen molar-refractivity contribution in [3.8, 4) is 11.4 Å². The summed E-state index contributed by atoms with van der Waals surface area (Å²) in [4.78, 5) is 16.4. The van der Waals surface area contributed by atoms with Gasteiger partial charge in [0.15, 0.2) is 5.82 Å². The molecule has 2 aromatic carbocycles. The van der Waals surface area contributed by atoms with Crippen molar-refractivity contribution in [2.24, 2.45) is 0 Å². The molecule has 0 saturated carbocycles. The highest BCUT2D eigenvalue weighted by atomic mass is 19.4. The maximum absolute atomic E-state index is 13.0. The average Bonchev–Trinajstić information content (AvgIpc) is 3.27. The number of hydrogen-bond donors (Lipinski definition) is 0. The van der Waals surface area contributed by atoms with Crippen molar-refractivity contribution in [1.29, 1.82) is 0 Å². The van der Waals surface area contributed by atoms with Gasteiger partial charge in [-0.15, -0.1) is 5.10 Å². The summed E-state index contributed by atoms with van der Waals surface area (Å²) in [5.41, 5.74) is 0.0163. The molecular weight excluding hydrogens is 437 g/mol. The van der Waals surface area contributed by atoms with Crippen LogP contribution in [-0.4, -0.2) is 68.7 Å². The predicted molar refractivity (Wildman–Crippen MR) is 113 cm³/mol. The van der Waals surface area contributed by atoms with Gasteiger partial charge in [0, 0.05) is 31.7 Å². The summed E-state index contributed by atoms with van der Waals surface area (Å²) in [7, 11) is 0. The van der Waals surface area contributed by atoms with Gasteiger partial charge in [0.25, 0.3) is 5.91 Å². The minimum atomic E-state index is -4.48. The van der Waals surface area contributed by atoms with Crippen LogP contribution in [0, 0.1) is 0 Å². The van der Waals surface area contributed by atoms with E-state index in [-0.39, 0.29) is 5.56 Å². The SMILES string of the molecule is CCOc1ccc(-n2nnnc2CN2CCN(C(=O)c3cccc(C(F)(F)F)c3)CC2)cc1. The van der Waals surface area contributed by atoms with Gasteiger partial charge in [-0.25, -0.2) is 0 Å². The Balaban J connectivity index is 1.37. The molecule has 11 heteroatoms. The topological polar surface area (TPSA) is 76.4 Å². The standard InChI is InChI=1S/C22H23F3N6O2/c1-2-33-19-8-6-18(7-9-19)31-20(26-27-28-31)15-29-10-12-30(13-11-29)21(32)16-4-3-5-17(14-16)22(23,24)25/h3-9,14H,2,10-13,15H2,1H3. The lowest BCUT2D eigenvalue weighted by atomic mass is 10.1. The van der Waals surface area contributed by atoms with Gasteiger partial charge in [0.1, 0.15) is 5.75 Å². The third kappa shape index (κ3) is 5.30. The molecule has 0 bridgehead atoms. The first-order chi connectivity index (χ1) is 15.8. The van der Waals surface area contributed by atoms with Gasteiger partial charge < -0.3 is 9.64 Å². The first-order valence-electron chi connectivity index (χ1n) is 10.5. The highest BCUT2D eigenvalue weighted by Gasteiger charge is 2.32. The Hall–Kier alpha value is -3.47. The number of rotatable bonds is 6. The molecule has 174 valence electrons. The number of hydrogen-bond acceptors (Lipinski definition) is 6. The van der Waals surface area contributed by atoms with Crippen LogP contribution in [0.5, 0.6) is 5.75 Å². The van der Waals surface area contributed by atoms with Crippen LogP contribution in [0.2, 0.25) is 0 Å². The molecule has 0 spiro atoms. The Morgan fingerprint density at radius 2 is 1.79 bits per heavy atom. The maximum Gasteiger partial charge on any atom is 0.416 e. The van der Waals surface area contributed by atoms with Crippen molar-refractivity contribution in [2.45, 2.75) is 19.6 Å². The molecule has 1 amide bonds. The first-order valence-corrected chi connectivity index (χ1v) is 10.5. The van der Waals surface area contributed by atoms with Crippen molar-refractivity contribution in [1.82, 2.24) is 30.0 Å². The number of tetrazole rings is 1. The maximum atomic E-state index is 13.0. The van der Waals surface area contributed by atoms with Crippen LogP contribution in [0.3, 0.4) is 0 Å². The summed E-state index contributed by atoms with van der Waals surface area (Å²) < 4.78 is 46.0. The smallest absolute Gasteiger partial charge is 0.416 e. The molecule has 1 fully saturated rings. The quantitative estimate of drug-likeness (QED) is 0.563. The molecule has 1 aromatic heterocycles. The number of halogens is 3. The summed E-state index contributed by atoms with van der Waals surface area (Å²) in [5.74, 6) is 1.01. The summed E-state index contributed by atoms with van der Waals surface area (Å²) in [6, 6.07) is 12.0. The zero-order valence-corrected chi connectivity index (χ0v) is 18.0. The van der Waals surface area contributed by atoms with Gasteiger partial charge in [-0.3, -0.25) is 9.69 Å². The van der Waals surface area contributed by atoms with E-state index in [4.69, 9.17) is 4.74 Å². The minimum Gasteiger partial charge on any atom is -0.494 e. The minimum absolute atomic E-state index is 0.0396. The zero-order valence-electron chi connectivity index (χ0n) is 18.0. The third-order valence-electron chi connectivity index (χ3n) is 5.39. The molecule has 0 atom stereocenters. The highest BCUT2D eigenvalue weighted by molar-refractivity contribution is 5.94. The number of carbonyl (C=O) groups excluding carboxylic acids is 1. The lowest BCUT2D eigenvalue weighted by Crippen LogP contribution is -2.48. The van der Waals surface area contributed by atoms with Gasteiger partial charge in [0.2, 0.25) is 0 Å². The van der Waals surface area contributed by atoms with Gasteiger partial charge in [0.05, 0.1) is 24.4 Å². The molecule has 2 heterocycles. The van der Waals surface area contributed by atoms with E-state index in [1.54, 1.807) is 9.58 Å². The Bertz CT molecular complexity index is 1090. The third-order valence-corrected chi connectivity index (χ3v) is 5.39. The second-order valence-electron chi connectivity index (χ2n) is 7.58. The molecule has 0 unspecified atom stereocenters. The monoisotopic (exact) mass is 460 g/mol. The van der Waals surface area contributed by atoms with Crippen LogP contribution in [0.25, 0.3) is 5.69 Å². The van der Waals surface area contributed by atoms with Crippen molar-refractivity contribution in [2.75, 3.05) is 32.8 Å². The van der Waals surface area contributed by atoms with Crippen LogP contribution in [0.15, 0.2) is 48.5 Å². The van der Waals surface area contributed by atoms with Gasteiger partial charge in [-0.05, 0) is 59.8 Å². The van der Waals surface area contributed by atoms with E-state index in [9.17, 15) is 18.0 Å². The fourth-order valence-electron chi connectivity index (χ4n) is 3.68. The zero-order chi connectivity index (χ0) is 23.4. The van der Waals surface area contributed by atoms with Gasteiger partial charge in [-0.2, -0.15) is 17.9 Å². The van der Waals surface area contributed by atoms with E-state index in [2.05, 4.69) is 20.4 Å². The van der Waals surface area contributed by atoms with Crippen molar-refractivity contribution in [3.05, 3.63) is 65.5 Å². The number of alkyl halides is 3.